The lowest BCUT2D eigenvalue weighted by molar-refractivity contribution is 0.984. The molecule has 0 atom stereocenters. The van der Waals surface area contributed by atoms with Gasteiger partial charge < -0.3 is 10.6 Å². The predicted octanol–water partition coefficient (Wildman–Crippen LogP) is 4.02. The van der Waals surface area contributed by atoms with Crippen LogP contribution in [0.3, 0.4) is 0 Å². The van der Waals surface area contributed by atoms with Crippen molar-refractivity contribution in [2.45, 2.75) is 6.92 Å². The molecule has 0 bridgehead atoms. The summed E-state index contributed by atoms with van der Waals surface area (Å²) in [7, 11) is 0. The molecule has 0 amide bonds. The van der Waals surface area contributed by atoms with Crippen molar-refractivity contribution in [3.05, 3.63) is 53.9 Å². The van der Waals surface area contributed by atoms with Crippen molar-refractivity contribution in [3.8, 4) is 0 Å². The molecule has 2 N–H and O–H groups in total. The van der Waals surface area contributed by atoms with E-state index in [0.29, 0.717) is 11.5 Å². The highest BCUT2D eigenvalue weighted by Gasteiger charge is 2.15. The van der Waals surface area contributed by atoms with E-state index in [-0.39, 0.29) is 5.28 Å². The summed E-state index contributed by atoms with van der Waals surface area (Å²) in [6.45, 7) is 2.78. The molecule has 2 aromatic carbocycles. The average molecular weight is 299 g/mol. The Kier molecular flexibility index (Phi) is 3.62. The Morgan fingerprint density at radius 3 is 2.71 bits per heavy atom. The van der Waals surface area contributed by atoms with Crippen molar-refractivity contribution in [2.24, 2.45) is 0 Å². The third-order valence-corrected chi connectivity index (χ3v) is 3.58. The van der Waals surface area contributed by atoms with Crippen LogP contribution in [-0.4, -0.2) is 16.5 Å². The van der Waals surface area contributed by atoms with E-state index in [1.165, 1.54) is 5.39 Å². The Morgan fingerprint density at radius 1 is 1.14 bits per heavy atom. The first kappa shape index (κ1) is 13.6. The number of halogens is 1. The second-order valence-corrected chi connectivity index (χ2v) is 5.00. The fraction of sp³-hybridized carbons (Fsp3) is 0.125. The summed E-state index contributed by atoms with van der Waals surface area (Å²) >= 11 is 5.92. The molecule has 0 saturated carbocycles. The summed E-state index contributed by atoms with van der Waals surface area (Å²) < 4.78 is 0. The van der Waals surface area contributed by atoms with E-state index in [4.69, 9.17) is 17.3 Å². The number of rotatable bonds is 3. The molecule has 0 spiro atoms. The van der Waals surface area contributed by atoms with Crippen molar-refractivity contribution in [1.29, 1.82) is 0 Å². The van der Waals surface area contributed by atoms with E-state index in [1.54, 1.807) is 6.20 Å². The molecule has 0 aliphatic heterocycles. The van der Waals surface area contributed by atoms with Gasteiger partial charge in [-0.2, -0.15) is 4.98 Å². The van der Waals surface area contributed by atoms with Crippen LogP contribution < -0.4 is 10.6 Å². The van der Waals surface area contributed by atoms with Gasteiger partial charge in [0.25, 0.3) is 0 Å². The summed E-state index contributed by atoms with van der Waals surface area (Å²) in [5, 5.41) is 2.51. The van der Waals surface area contributed by atoms with Gasteiger partial charge in [0, 0.05) is 11.9 Å². The summed E-state index contributed by atoms with van der Waals surface area (Å²) in [4.78, 5) is 10.2. The van der Waals surface area contributed by atoms with Crippen LogP contribution in [0.2, 0.25) is 5.28 Å². The highest BCUT2D eigenvalue weighted by atomic mass is 35.5. The molecular weight excluding hydrogens is 284 g/mol. The number of anilines is 3. The largest absolute Gasteiger partial charge is 0.394 e. The quantitative estimate of drug-likeness (QED) is 0.742. The van der Waals surface area contributed by atoms with Gasteiger partial charge in [-0.05, 0) is 30.0 Å². The summed E-state index contributed by atoms with van der Waals surface area (Å²) in [6.07, 6.45) is 1.54. The maximum absolute atomic E-state index is 6.02. The van der Waals surface area contributed by atoms with Gasteiger partial charge in [-0.15, -0.1) is 0 Å². The molecule has 0 aliphatic rings. The van der Waals surface area contributed by atoms with Gasteiger partial charge in [0.15, 0.2) is 5.82 Å². The van der Waals surface area contributed by atoms with Crippen molar-refractivity contribution in [2.75, 3.05) is 17.2 Å². The van der Waals surface area contributed by atoms with E-state index in [2.05, 4.69) is 41.2 Å². The monoisotopic (exact) mass is 298 g/mol. The average Bonchev–Trinajstić information content (AvgIpc) is 2.51. The van der Waals surface area contributed by atoms with Crippen LogP contribution in [0.25, 0.3) is 10.8 Å². The normalized spacial score (nSPS) is 10.8. The summed E-state index contributed by atoms with van der Waals surface area (Å²) in [6, 6.07) is 14.4. The topological polar surface area (TPSA) is 55.0 Å². The fourth-order valence-electron chi connectivity index (χ4n) is 2.46. The molecule has 0 fully saturated rings. The summed E-state index contributed by atoms with van der Waals surface area (Å²) in [5.74, 6) is 0.633. The van der Waals surface area contributed by atoms with E-state index in [1.807, 2.05) is 23.1 Å². The van der Waals surface area contributed by atoms with Crippen LogP contribution in [0, 0.1) is 0 Å². The number of hydrogen-bond acceptors (Lipinski definition) is 4. The van der Waals surface area contributed by atoms with E-state index in [0.717, 1.165) is 17.6 Å². The van der Waals surface area contributed by atoms with Gasteiger partial charge in [-0.3, -0.25) is 0 Å². The number of aromatic nitrogens is 2. The van der Waals surface area contributed by atoms with Crippen molar-refractivity contribution >= 4 is 39.6 Å². The van der Waals surface area contributed by atoms with E-state index < -0.39 is 0 Å². The zero-order valence-corrected chi connectivity index (χ0v) is 12.4. The van der Waals surface area contributed by atoms with Crippen LogP contribution in [0.1, 0.15) is 6.92 Å². The smallest absolute Gasteiger partial charge is 0.224 e. The van der Waals surface area contributed by atoms with Crippen LogP contribution in [-0.2, 0) is 0 Å². The molecule has 106 valence electrons. The molecule has 3 aromatic rings. The molecule has 4 nitrogen and oxygen atoms in total. The van der Waals surface area contributed by atoms with Gasteiger partial charge in [0.05, 0.1) is 17.6 Å². The Hall–Kier alpha value is -2.33. The minimum atomic E-state index is 0.192. The predicted molar refractivity (Wildman–Crippen MR) is 88.1 cm³/mol. The van der Waals surface area contributed by atoms with Crippen LogP contribution in [0.5, 0.6) is 0 Å². The lowest BCUT2D eigenvalue weighted by Crippen LogP contribution is -2.19. The molecule has 0 aliphatic carbocycles. The first-order valence-electron chi connectivity index (χ1n) is 6.74. The molecule has 3 rings (SSSR count). The van der Waals surface area contributed by atoms with Gasteiger partial charge in [-0.25, -0.2) is 4.98 Å². The van der Waals surface area contributed by atoms with Crippen molar-refractivity contribution < 1.29 is 0 Å². The van der Waals surface area contributed by atoms with Crippen molar-refractivity contribution in [1.82, 2.24) is 9.97 Å². The highest BCUT2D eigenvalue weighted by molar-refractivity contribution is 6.28. The molecule has 21 heavy (non-hydrogen) atoms. The molecule has 0 unspecified atom stereocenters. The van der Waals surface area contributed by atoms with Crippen molar-refractivity contribution in [3.63, 3.8) is 0 Å². The Bertz CT molecular complexity index is 783. The van der Waals surface area contributed by atoms with Gasteiger partial charge >= 0.3 is 0 Å². The fourth-order valence-corrected chi connectivity index (χ4v) is 2.58. The zero-order valence-electron chi connectivity index (χ0n) is 11.6. The molecule has 1 heterocycles. The third kappa shape index (κ3) is 2.50. The van der Waals surface area contributed by atoms with Crippen LogP contribution >= 0.6 is 11.6 Å². The van der Waals surface area contributed by atoms with Gasteiger partial charge in [-0.1, -0.05) is 36.4 Å². The SMILES string of the molecule is CCN(c1nc(Cl)ncc1N)c1cccc2ccccc12. The minimum Gasteiger partial charge on any atom is -0.394 e. The molecule has 0 saturated heterocycles. The molecular formula is C16H15ClN4. The lowest BCUT2D eigenvalue weighted by Gasteiger charge is -2.24. The maximum Gasteiger partial charge on any atom is 0.224 e. The molecule has 0 radical (unpaired) electrons. The number of benzene rings is 2. The molecule has 1 aromatic heterocycles. The number of nitrogens with two attached hydrogens (primary N) is 1. The second kappa shape index (κ2) is 5.58. The van der Waals surface area contributed by atoms with Gasteiger partial charge in [0.2, 0.25) is 5.28 Å². The Morgan fingerprint density at radius 2 is 1.90 bits per heavy atom. The number of fused-ring (bicyclic) bond motifs is 1. The minimum absolute atomic E-state index is 0.192. The number of nitrogen functional groups attached to an aromatic ring is 1. The number of nitrogens with zero attached hydrogens (tertiary/aromatic N) is 3. The summed E-state index contributed by atoms with van der Waals surface area (Å²) in [5.41, 5.74) is 7.58. The maximum atomic E-state index is 6.02. The lowest BCUT2D eigenvalue weighted by atomic mass is 10.1. The first-order valence-corrected chi connectivity index (χ1v) is 7.12. The molecule has 5 heteroatoms. The second-order valence-electron chi connectivity index (χ2n) is 4.66. The standard InChI is InChI=1S/C16H15ClN4/c1-2-21(15-13(18)10-19-16(17)20-15)14-9-5-7-11-6-3-4-8-12(11)14/h3-10H,2,18H2,1H3. The van der Waals surface area contributed by atoms with Crippen LogP contribution in [0.4, 0.5) is 17.2 Å². The third-order valence-electron chi connectivity index (χ3n) is 3.40. The van der Waals surface area contributed by atoms with Gasteiger partial charge in [0.1, 0.15) is 0 Å². The highest BCUT2D eigenvalue weighted by Crippen LogP contribution is 2.33. The first-order chi connectivity index (χ1) is 10.2. The number of hydrogen-bond donors (Lipinski definition) is 1. The zero-order chi connectivity index (χ0) is 14.8. The Balaban J connectivity index is 2.21. The van der Waals surface area contributed by atoms with Crippen LogP contribution in [0.15, 0.2) is 48.7 Å². The van der Waals surface area contributed by atoms with E-state index >= 15 is 0 Å². The Labute approximate surface area is 128 Å². The van der Waals surface area contributed by atoms with E-state index in [9.17, 15) is 0 Å².